The molecule has 1 fully saturated rings. The molecule has 0 aliphatic carbocycles. The number of piperidine rings is 1. The van der Waals surface area contributed by atoms with Gasteiger partial charge in [0, 0.05) is 50.8 Å². The standard InChI is InChI=1S/C26H32N4O3/c1-3-32-23-13-9-21(10-14-23)26-27-24(33-28-26)15-16-25(31)29(2)19-20-7-11-22(12-8-20)30-17-5-4-6-18-30/h7-14H,3-6,15-19H2,1-2H3. The third-order valence-electron chi connectivity index (χ3n) is 5.95. The first-order valence-corrected chi connectivity index (χ1v) is 11.8. The van der Waals surface area contributed by atoms with E-state index in [9.17, 15) is 4.79 Å². The normalized spacial score (nSPS) is 13.7. The largest absolute Gasteiger partial charge is 0.494 e. The number of hydrogen-bond acceptors (Lipinski definition) is 6. The fourth-order valence-corrected chi connectivity index (χ4v) is 4.07. The Labute approximate surface area is 195 Å². The minimum atomic E-state index is 0.0518. The lowest BCUT2D eigenvalue weighted by molar-refractivity contribution is -0.130. The van der Waals surface area contributed by atoms with Crippen molar-refractivity contribution in [1.29, 1.82) is 0 Å². The maximum Gasteiger partial charge on any atom is 0.227 e. The van der Waals surface area contributed by atoms with Crippen LogP contribution >= 0.6 is 0 Å². The lowest BCUT2D eigenvalue weighted by atomic mass is 10.1. The SMILES string of the molecule is CCOc1ccc(-c2noc(CCC(=O)N(C)Cc3ccc(N4CCCCC4)cc3)n2)cc1. The first-order valence-electron chi connectivity index (χ1n) is 11.8. The van der Waals surface area contributed by atoms with Crippen molar-refractivity contribution in [2.24, 2.45) is 0 Å². The lowest BCUT2D eigenvalue weighted by Crippen LogP contribution is -2.29. The number of aromatic nitrogens is 2. The van der Waals surface area contributed by atoms with Gasteiger partial charge < -0.3 is 19.1 Å². The number of ether oxygens (including phenoxy) is 1. The summed E-state index contributed by atoms with van der Waals surface area (Å²) in [5, 5.41) is 4.04. The van der Waals surface area contributed by atoms with Gasteiger partial charge in [0.05, 0.1) is 6.61 Å². The number of benzene rings is 2. The maximum absolute atomic E-state index is 12.6. The van der Waals surface area contributed by atoms with Crippen LogP contribution in [0.25, 0.3) is 11.4 Å². The zero-order valence-electron chi connectivity index (χ0n) is 19.5. The van der Waals surface area contributed by atoms with Crippen molar-refractivity contribution in [3.63, 3.8) is 0 Å². The molecular weight excluding hydrogens is 416 g/mol. The Morgan fingerprint density at radius 3 is 2.48 bits per heavy atom. The predicted molar refractivity (Wildman–Crippen MR) is 128 cm³/mol. The number of aryl methyl sites for hydroxylation is 1. The summed E-state index contributed by atoms with van der Waals surface area (Å²) in [6, 6.07) is 16.1. The van der Waals surface area contributed by atoms with Gasteiger partial charge >= 0.3 is 0 Å². The minimum absolute atomic E-state index is 0.0518. The summed E-state index contributed by atoms with van der Waals surface area (Å²) in [5.41, 5.74) is 3.25. The first kappa shape index (κ1) is 22.8. The Balaban J connectivity index is 1.26. The molecule has 0 unspecified atom stereocenters. The summed E-state index contributed by atoms with van der Waals surface area (Å²) in [5.74, 6) is 1.84. The van der Waals surface area contributed by atoms with Crippen LogP contribution in [0.3, 0.4) is 0 Å². The van der Waals surface area contributed by atoms with Gasteiger partial charge in [-0.25, -0.2) is 0 Å². The van der Waals surface area contributed by atoms with Crippen molar-refractivity contribution in [2.75, 3.05) is 31.6 Å². The fourth-order valence-electron chi connectivity index (χ4n) is 4.07. The van der Waals surface area contributed by atoms with E-state index in [1.807, 2.05) is 38.2 Å². The average Bonchev–Trinajstić information content (AvgIpc) is 3.33. The molecule has 174 valence electrons. The molecule has 1 aliphatic rings. The van der Waals surface area contributed by atoms with Gasteiger partial charge in [-0.05, 0) is 68.1 Å². The molecular formula is C26H32N4O3. The molecule has 1 aromatic heterocycles. The average molecular weight is 449 g/mol. The summed E-state index contributed by atoms with van der Waals surface area (Å²) < 4.78 is 10.8. The quantitative estimate of drug-likeness (QED) is 0.472. The lowest BCUT2D eigenvalue weighted by Gasteiger charge is -2.29. The highest BCUT2D eigenvalue weighted by Gasteiger charge is 2.15. The van der Waals surface area contributed by atoms with Crippen molar-refractivity contribution in [2.45, 2.75) is 45.6 Å². The molecule has 1 saturated heterocycles. The third-order valence-corrected chi connectivity index (χ3v) is 5.95. The van der Waals surface area contributed by atoms with Crippen LogP contribution in [0.1, 0.15) is 44.1 Å². The molecule has 2 heterocycles. The van der Waals surface area contributed by atoms with Gasteiger partial charge in [0.25, 0.3) is 0 Å². The monoisotopic (exact) mass is 448 g/mol. The van der Waals surface area contributed by atoms with E-state index >= 15 is 0 Å². The Morgan fingerprint density at radius 2 is 1.79 bits per heavy atom. The van der Waals surface area contributed by atoms with Crippen LogP contribution in [0.15, 0.2) is 53.1 Å². The molecule has 7 nitrogen and oxygen atoms in total. The molecule has 0 bridgehead atoms. The number of anilines is 1. The second-order valence-corrected chi connectivity index (χ2v) is 8.43. The zero-order valence-corrected chi connectivity index (χ0v) is 19.5. The first-order chi connectivity index (χ1) is 16.1. The van der Waals surface area contributed by atoms with Gasteiger partial charge in [0.15, 0.2) is 0 Å². The smallest absolute Gasteiger partial charge is 0.227 e. The molecule has 3 aromatic rings. The highest BCUT2D eigenvalue weighted by atomic mass is 16.5. The van der Waals surface area contributed by atoms with E-state index in [0.717, 1.165) is 30.0 Å². The number of hydrogen-bond donors (Lipinski definition) is 0. The van der Waals surface area contributed by atoms with Gasteiger partial charge in [-0.2, -0.15) is 4.98 Å². The third kappa shape index (κ3) is 6.12. The zero-order chi connectivity index (χ0) is 23.0. The van der Waals surface area contributed by atoms with E-state index in [1.54, 1.807) is 4.90 Å². The van der Waals surface area contributed by atoms with Crippen LogP contribution in [0.4, 0.5) is 5.69 Å². The molecule has 1 aliphatic heterocycles. The molecule has 33 heavy (non-hydrogen) atoms. The van der Waals surface area contributed by atoms with Gasteiger partial charge in [-0.1, -0.05) is 17.3 Å². The van der Waals surface area contributed by atoms with Gasteiger partial charge in [0.2, 0.25) is 17.6 Å². The molecule has 0 N–H and O–H groups in total. The highest BCUT2D eigenvalue weighted by molar-refractivity contribution is 5.76. The molecule has 0 radical (unpaired) electrons. The molecule has 1 amide bonds. The van der Waals surface area contributed by atoms with Crippen LogP contribution < -0.4 is 9.64 Å². The fraction of sp³-hybridized carbons (Fsp3) is 0.423. The van der Waals surface area contributed by atoms with E-state index < -0.39 is 0 Å². The van der Waals surface area contributed by atoms with E-state index in [4.69, 9.17) is 9.26 Å². The molecule has 0 saturated carbocycles. The summed E-state index contributed by atoms with van der Waals surface area (Å²) in [7, 11) is 1.83. The van der Waals surface area contributed by atoms with E-state index in [1.165, 1.54) is 24.9 Å². The number of nitrogens with zero attached hydrogens (tertiary/aromatic N) is 4. The Hall–Kier alpha value is -3.35. The summed E-state index contributed by atoms with van der Waals surface area (Å²) in [4.78, 5) is 21.2. The van der Waals surface area contributed by atoms with Crippen LogP contribution in [0.2, 0.25) is 0 Å². The summed E-state index contributed by atoms with van der Waals surface area (Å²) in [6.07, 6.45) is 4.60. The summed E-state index contributed by atoms with van der Waals surface area (Å²) in [6.45, 7) is 5.42. The van der Waals surface area contributed by atoms with Crippen molar-refractivity contribution in [3.8, 4) is 17.1 Å². The van der Waals surface area contributed by atoms with E-state index in [2.05, 4.69) is 39.3 Å². The maximum atomic E-state index is 12.6. The van der Waals surface area contributed by atoms with Crippen LogP contribution in [-0.2, 0) is 17.8 Å². The van der Waals surface area contributed by atoms with Gasteiger partial charge in [-0.15, -0.1) is 0 Å². The van der Waals surface area contributed by atoms with Crippen molar-refractivity contribution in [1.82, 2.24) is 15.0 Å². The second-order valence-electron chi connectivity index (χ2n) is 8.43. The molecule has 0 atom stereocenters. The van der Waals surface area contributed by atoms with Gasteiger partial charge in [0.1, 0.15) is 5.75 Å². The number of rotatable bonds is 9. The number of amides is 1. The van der Waals surface area contributed by atoms with Crippen molar-refractivity contribution in [3.05, 3.63) is 60.0 Å². The van der Waals surface area contributed by atoms with Gasteiger partial charge in [-0.3, -0.25) is 4.79 Å². The number of carbonyl (C=O) groups is 1. The number of carbonyl (C=O) groups excluding carboxylic acids is 1. The van der Waals surface area contributed by atoms with E-state index in [0.29, 0.717) is 37.7 Å². The van der Waals surface area contributed by atoms with Crippen LogP contribution in [0.5, 0.6) is 5.75 Å². The van der Waals surface area contributed by atoms with Crippen molar-refractivity contribution < 1.29 is 14.1 Å². The molecule has 4 rings (SSSR count). The second kappa shape index (κ2) is 11.0. The van der Waals surface area contributed by atoms with Crippen LogP contribution in [0, 0.1) is 0 Å². The highest BCUT2D eigenvalue weighted by Crippen LogP contribution is 2.22. The Kier molecular flexibility index (Phi) is 7.60. The molecule has 0 spiro atoms. The predicted octanol–water partition coefficient (Wildman–Crippen LogP) is 4.72. The Bertz CT molecular complexity index is 1020. The summed E-state index contributed by atoms with van der Waals surface area (Å²) >= 11 is 0. The van der Waals surface area contributed by atoms with Crippen molar-refractivity contribution >= 4 is 11.6 Å². The molecule has 2 aromatic carbocycles. The Morgan fingerprint density at radius 1 is 1.06 bits per heavy atom. The minimum Gasteiger partial charge on any atom is -0.494 e. The van der Waals surface area contributed by atoms with Crippen LogP contribution in [-0.4, -0.2) is 47.7 Å². The topological polar surface area (TPSA) is 71.7 Å². The van der Waals surface area contributed by atoms with E-state index in [-0.39, 0.29) is 5.91 Å². The molecule has 7 heteroatoms.